The van der Waals surface area contributed by atoms with Crippen molar-refractivity contribution in [2.75, 3.05) is 13.7 Å². The number of carbonyl (C=O) groups excluding carboxylic acids is 1. The number of ether oxygens (including phenoxy) is 1. The van der Waals surface area contributed by atoms with Gasteiger partial charge in [-0.05, 0) is 12.1 Å². The molecule has 1 amide bonds. The number of rotatable bonds is 4. The maximum atomic E-state index is 12.0. The van der Waals surface area contributed by atoms with E-state index < -0.39 is 8.07 Å². The first-order valence-corrected chi connectivity index (χ1v) is 10.1. The Bertz CT molecular complexity index is 646. The Balaban J connectivity index is 2.77. The highest BCUT2D eigenvalue weighted by Crippen LogP contribution is 2.25. The number of H-pyrrole nitrogens is 1. The lowest BCUT2D eigenvalue weighted by atomic mass is 10.2. The number of hydrogen-bond acceptors (Lipinski definition) is 4. The summed E-state index contributed by atoms with van der Waals surface area (Å²) in [5, 5.41) is 11.5. The normalized spacial score (nSPS) is 11.7. The predicted octanol–water partition coefficient (Wildman–Crippen LogP) is 1.26. The number of nitrogens with one attached hydrogen (secondary N) is 2. The number of hydrogen-bond donors (Lipinski definition) is 2. The Kier molecular flexibility index (Phi) is 3.80. The molecule has 0 bridgehead atoms. The first kappa shape index (κ1) is 14.5. The lowest BCUT2D eigenvalue weighted by Gasteiger charge is -2.17. The topological polar surface area (TPSA) is 79.9 Å². The second-order valence-electron chi connectivity index (χ2n) is 5.56. The van der Waals surface area contributed by atoms with Gasteiger partial charge < -0.3 is 10.1 Å². The van der Waals surface area contributed by atoms with E-state index in [1.807, 2.05) is 13.1 Å². The van der Waals surface area contributed by atoms with Crippen molar-refractivity contribution in [2.24, 2.45) is 0 Å². The van der Waals surface area contributed by atoms with Crippen molar-refractivity contribution in [3.63, 3.8) is 0 Å². The molecule has 0 saturated carbocycles. The Labute approximate surface area is 118 Å². The summed E-state index contributed by atoms with van der Waals surface area (Å²) in [6.45, 7) is 9.04. The van der Waals surface area contributed by atoms with Gasteiger partial charge in [-0.3, -0.25) is 9.89 Å². The summed E-state index contributed by atoms with van der Waals surface area (Å²) >= 11 is 0. The van der Waals surface area contributed by atoms with Crippen LogP contribution >= 0.6 is 0 Å². The number of aromatic amines is 1. The maximum absolute atomic E-state index is 12.0. The quantitative estimate of drug-likeness (QED) is 0.832. The molecule has 108 valence electrons. The zero-order chi connectivity index (χ0) is 14.9. The minimum atomic E-state index is -1.61. The van der Waals surface area contributed by atoms with Gasteiger partial charge in [0.25, 0.3) is 5.91 Å². The van der Waals surface area contributed by atoms with Crippen LogP contribution in [0.2, 0.25) is 19.6 Å². The smallest absolute Gasteiger partial charge is 0.269 e. The van der Waals surface area contributed by atoms with Crippen LogP contribution < -0.4 is 15.2 Å². The molecule has 0 atom stereocenters. The summed E-state index contributed by atoms with van der Waals surface area (Å²) in [4.78, 5) is 16.3. The minimum Gasteiger partial charge on any atom is -0.477 e. The van der Waals surface area contributed by atoms with E-state index in [4.69, 9.17) is 4.74 Å². The van der Waals surface area contributed by atoms with Crippen LogP contribution in [0.4, 0.5) is 0 Å². The summed E-state index contributed by atoms with van der Waals surface area (Å²) in [6, 6.07) is 0. The van der Waals surface area contributed by atoms with Crippen LogP contribution in [-0.4, -0.2) is 42.8 Å². The zero-order valence-corrected chi connectivity index (χ0v) is 13.5. The minimum absolute atomic E-state index is 0.219. The summed E-state index contributed by atoms with van der Waals surface area (Å²) < 4.78 is 5.54. The lowest BCUT2D eigenvalue weighted by molar-refractivity contribution is 0.0959. The van der Waals surface area contributed by atoms with Crippen molar-refractivity contribution in [2.45, 2.75) is 26.6 Å². The molecule has 0 aromatic carbocycles. The van der Waals surface area contributed by atoms with Crippen molar-refractivity contribution in [1.82, 2.24) is 20.5 Å². The number of amides is 1. The number of carbonyl (C=O) groups is 1. The van der Waals surface area contributed by atoms with Gasteiger partial charge in [0.1, 0.15) is 5.69 Å². The maximum Gasteiger partial charge on any atom is 0.269 e. The van der Waals surface area contributed by atoms with Crippen molar-refractivity contribution >= 4 is 30.1 Å². The van der Waals surface area contributed by atoms with E-state index in [9.17, 15) is 4.79 Å². The second-order valence-corrected chi connectivity index (χ2v) is 10.6. The third-order valence-electron chi connectivity index (χ3n) is 3.09. The molecule has 2 N–H and O–H groups in total. The first-order valence-electron chi connectivity index (χ1n) is 6.62. The number of pyridine rings is 1. The highest BCUT2D eigenvalue weighted by atomic mass is 28.3. The van der Waals surface area contributed by atoms with Gasteiger partial charge in [-0.2, -0.15) is 5.10 Å². The van der Waals surface area contributed by atoms with Crippen LogP contribution in [0.5, 0.6) is 5.88 Å². The molecule has 0 aliphatic heterocycles. The van der Waals surface area contributed by atoms with Gasteiger partial charge in [0, 0.05) is 13.2 Å². The molecule has 0 aliphatic carbocycles. The lowest BCUT2D eigenvalue weighted by Crippen LogP contribution is -2.38. The Morgan fingerprint density at radius 3 is 2.70 bits per heavy atom. The Hall–Kier alpha value is -1.89. The first-order chi connectivity index (χ1) is 9.40. The monoisotopic (exact) mass is 292 g/mol. The third kappa shape index (κ3) is 2.40. The average molecular weight is 292 g/mol. The molecular formula is C13H20N4O2Si. The van der Waals surface area contributed by atoms with Crippen molar-refractivity contribution in [3.05, 3.63) is 11.9 Å². The van der Waals surface area contributed by atoms with Crippen LogP contribution in [-0.2, 0) is 0 Å². The number of aromatic nitrogens is 3. The van der Waals surface area contributed by atoms with Gasteiger partial charge in [0.05, 0.1) is 25.6 Å². The SMILES string of the molecule is CCOc1ncc([Si](C)(C)C)c2n[nH]c(C(=O)NC)c12. The molecule has 0 unspecified atom stereocenters. The van der Waals surface area contributed by atoms with Gasteiger partial charge in [0.2, 0.25) is 5.88 Å². The summed E-state index contributed by atoms with van der Waals surface area (Å²) in [5.41, 5.74) is 1.19. The van der Waals surface area contributed by atoms with Crippen LogP contribution in [0.25, 0.3) is 10.9 Å². The zero-order valence-electron chi connectivity index (χ0n) is 12.5. The van der Waals surface area contributed by atoms with E-state index in [-0.39, 0.29) is 5.91 Å². The van der Waals surface area contributed by atoms with Crippen molar-refractivity contribution in [3.8, 4) is 5.88 Å². The summed E-state index contributed by atoms with van der Waals surface area (Å²) in [6.07, 6.45) is 1.83. The van der Waals surface area contributed by atoms with E-state index >= 15 is 0 Å². The van der Waals surface area contributed by atoms with E-state index in [1.54, 1.807) is 7.05 Å². The fourth-order valence-electron chi connectivity index (χ4n) is 2.08. The van der Waals surface area contributed by atoms with E-state index in [2.05, 4.69) is 40.1 Å². The predicted molar refractivity (Wildman–Crippen MR) is 81.4 cm³/mol. The Morgan fingerprint density at radius 2 is 2.15 bits per heavy atom. The van der Waals surface area contributed by atoms with Crippen LogP contribution in [0.15, 0.2) is 6.20 Å². The number of nitrogens with zero attached hydrogens (tertiary/aromatic N) is 2. The van der Waals surface area contributed by atoms with E-state index in [0.717, 1.165) is 10.7 Å². The van der Waals surface area contributed by atoms with Crippen LogP contribution in [0, 0.1) is 0 Å². The van der Waals surface area contributed by atoms with Gasteiger partial charge >= 0.3 is 0 Å². The van der Waals surface area contributed by atoms with Crippen molar-refractivity contribution in [1.29, 1.82) is 0 Å². The summed E-state index contributed by atoms with van der Waals surface area (Å²) in [5.74, 6) is 0.236. The molecule has 20 heavy (non-hydrogen) atoms. The highest BCUT2D eigenvalue weighted by Gasteiger charge is 2.26. The number of fused-ring (bicyclic) bond motifs is 1. The van der Waals surface area contributed by atoms with Crippen LogP contribution in [0.1, 0.15) is 17.4 Å². The molecule has 0 radical (unpaired) electrons. The molecular weight excluding hydrogens is 272 g/mol. The van der Waals surface area contributed by atoms with Crippen LogP contribution in [0.3, 0.4) is 0 Å². The van der Waals surface area contributed by atoms with Gasteiger partial charge in [-0.1, -0.05) is 19.6 Å². The standard InChI is InChI=1S/C13H20N4O2Si/c1-6-19-13-9-10(8(7-15-13)20(3,4)5)16-17-11(9)12(18)14-2/h7H,6H2,1-5H3,(H,14,18)(H,16,17). The van der Waals surface area contributed by atoms with E-state index in [0.29, 0.717) is 23.6 Å². The molecule has 7 heteroatoms. The molecule has 2 rings (SSSR count). The average Bonchev–Trinajstić information content (AvgIpc) is 2.82. The molecule has 6 nitrogen and oxygen atoms in total. The fraction of sp³-hybridized carbons (Fsp3) is 0.462. The van der Waals surface area contributed by atoms with Gasteiger partial charge in [-0.15, -0.1) is 0 Å². The van der Waals surface area contributed by atoms with Gasteiger partial charge in [-0.25, -0.2) is 4.98 Å². The second kappa shape index (κ2) is 5.24. The molecule has 0 fully saturated rings. The van der Waals surface area contributed by atoms with E-state index in [1.165, 1.54) is 0 Å². The third-order valence-corrected chi connectivity index (χ3v) is 5.07. The highest BCUT2D eigenvalue weighted by molar-refractivity contribution is 6.90. The molecule has 0 spiro atoms. The summed E-state index contributed by atoms with van der Waals surface area (Å²) in [7, 11) is -0.0191. The van der Waals surface area contributed by atoms with Gasteiger partial charge in [0.15, 0.2) is 0 Å². The Morgan fingerprint density at radius 1 is 1.45 bits per heavy atom. The molecule has 0 aliphatic rings. The molecule has 2 aromatic rings. The largest absolute Gasteiger partial charge is 0.477 e. The fourth-order valence-corrected chi connectivity index (χ4v) is 3.42. The van der Waals surface area contributed by atoms with Crippen molar-refractivity contribution < 1.29 is 9.53 Å². The molecule has 2 aromatic heterocycles. The molecule has 2 heterocycles. The molecule has 0 saturated heterocycles.